The van der Waals surface area contributed by atoms with Gasteiger partial charge in [0.25, 0.3) is 0 Å². The second kappa shape index (κ2) is 6.69. The van der Waals surface area contributed by atoms with Crippen molar-refractivity contribution in [3.05, 3.63) is 36.5 Å². The van der Waals surface area contributed by atoms with Gasteiger partial charge in [-0.15, -0.1) is 0 Å². The van der Waals surface area contributed by atoms with Gasteiger partial charge >= 0.3 is 12.0 Å². The van der Waals surface area contributed by atoms with Crippen molar-refractivity contribution in [2.24, 2.45) is 0 Å². The topological polar surface area (TPSA) is 91.3 Å². The lowest BCUT2D eigenvalue weighted by Crippen LogP contribution is -2.42. The highest BCUT2D eigenvalue weighted by atomic mass is 16.4. The summed E-state index contributed by atoms with van der Waals surface area (Å²) in [5, 5.41) is 15.0. The highest BCUT2D eigenvalue weighted by molar-refractivity contribution is 6.00. The third-order valence-corrected chi connectivity index (χ3v) is 3.06. The SMILES string of the molecule is CCC[C@@H](NC(=O)Nc1cccc2cccnc12)C(=O)O. The number of carboxylic acids is 1. The van der Waals surface area contributed by atoms with Crippen molar-refractivity contribution in [2.75, 3.05) is 5.32 Å². The first-order valence-electron chi connectivity index (χ1n) is 6.76. The maximum Gasteiger partial charge on any atom is 0.326 e. The molecule has 0 radical (unpaired) electrons. The zero-order valence-corrected chi connectivity index (χ0v) is 11.7. The number of anilines is 1. The van der Waals surface area contributed by atoms with Crippen molar-refractivity contribution >= 4 is 28.6 Å². The lowest BCUT2D eigenvalue weighted by atomic mass is 10.1. The Kier molecular flexibility index (Phi) is 4.71. The van der Waals surface area contributed by atoms with Crippen LogP contribution in [0.5, 0.6) is 0 Å². The first-order valence-corrected chi connectivity index (χ1v) is 6.76. The number of hydrogen-bond donors (Lipinski definition) is 3. The van der Waals surface area contributed by atoms with E-state index in [9.17, 15) is 9.59 Å². The molecular formula is C15H17N3O3. The van der Waals surface area contributed by atoms with Crippen LogP contribution in [0.3, 0.4) is 0 Å². The van der Waals surface area contributed by atoms with Crippen LogP contribution in [-0.2, 0) is 4.79 Å². The largest absolute Gasteiger partial charge is 0.480 e. The lowest BCUT2D eigenvalue weighted by Gasteiger charge is -2.14. The molecule has 2 rings (SSSR count). The normalized spacial score (nSPS) is 11.9. The van der Waals surface area contributed by atoms with Crippen LogP contribution in [0.4, 0.5) is 10.5 Å². The van der Waals surface area contributed by atoms with Crippen molar-refractivity contribution in [3.8, 4) is 0 Å². The molecule has 2 aromatic rings. The molecule has 0 aliphatic rings. The number of rotatable bonds is 5. The van der Waals surface area contributed by atoms with Gasteiger partial charge in [-0.05, 0) is 18.6 Å². The van der Waals surface area contributed by atoms with Gasteiger partial charge in [0.1, 0.15) is 6.04 Å². The molecule has 1 aromatic carbocycles. The Labute approximate surface area is 122 Å². The van der Waals surface area contributed by atoms with E-state index in [2.05, 4.69) is 15.6 Å². The number of urea groups is 1. The molecule has 0 spiro atoms. The smallest absolute Gasteiger partial charge is 0.326 e. The number of aliphatic carboxylic acids is 1. The first kappa shape index (κ1) is 14.8. The van der Waals surface area contributed by atoms with E-state index in [1.165, 1.54) is 0 Å². The third-order valence-electron chi connectivity index (χ3n) is 3.06. The second-order valence-corrected chi connectivity index (χ2v) is 4.66. The Morgan fingerprint density at radius 3 is 2.76 bits per heavy atom. The van der Waals surface area contributed by atoms with Gasteiger partial charge in [0.05, 0.1) is 11.2 Å². The fourth-order valence-corrected chi connectivity index (χ4v) is 2.07. The number of nitrogens with zero attached hydrogens (tertiary/aromatic N) is 1. The molecule has 1 heterocycles. The van der Waals surface area contributed by atoms with Crippen LogP contribution in [0.1, 0.15) is 19.8 Å². The van der Waals surface area contributed by atoms with Crippen LogP contribution in [0, 0.1) is 0 Å². The molecule has 0 bridgehead atoms. The van der Waals surface area contributed by atoms with Crippen LogP contribution >= 0.6 is 0 Å². The molecule has 6 heteroatoms. The van der Waals surface area contributed by atoms with Gasteiger partial charge in [0.15, 0.2) is 0 Å². The van der Waals surface area contributed by atoms with Crippen LogP contribution in [0.15, 0.2) is 36.5 Å². The maximum absolute atomic E-state index is 11.9. The molecule has 0 saturated heterocycles. The van der Waals surface area contributed by atoms with Crippen LogP contribution in [0.2, 0.25) is 0 Å². The van der Waals surface area contributed by atoms with Gasteiger partial charge in [-0.3, -0.25) is 4.98 Å². The van der Waals surface area contributed by atoms with Gasteiger partial charge in [0, 0.05) is 11.6 Å². The number of pyridine rings is 1. The minimum Gasteiger partial charge on any atom is -0.480 e. The molecule has 0 aliphatic carbocycles. The van der Waals surface area contributed by atoms with Crippen LogP contribution in [-0.4, -0.2) is 28.1 Å². The van der Waals surface area contributed by atoms with Crippen molar-refractivity contribution in [1.82, 2.24) is 10.3 Å². The summed E-state index contributed by atoms with van der Waals surface area (Å²) in [5.74, 6) is -1.04. The zero-order chi connectivity index (χ0) is 15.2. The monoisotopic (exact) mass is 287 g/mol. The maximum atomic E-state index is 11.9. The first-order chi connectivity index (χ1) is 10.1. The second-order valence-electron chi connectivity index (χ2n) is 4.66. The minimum atomic E-state index is -1.04. The molecular weight excluding hydrogens is 270 g/mol. The van der Waals surface area contributed by atoms with Gasteiger partial charge in [-0.25, -0.2) is 9.59 Å². The van der Waals surface area contributed by atoms with E-state index in [1.54, 1.807) is 18.3 Å². The Morgan fingerprint density at radius 1 is 1.29 bits per heavy atom. The number of carboxylic acid groups (broad SMARTS) is 1. The van der Waals surface area contributed by atoms with Gasteiger partial charge in [-0.2, -0.15) is 0 Å². The molecule has 21 heavy (non-hydrogen) atoms. The number of carbonyl (C=O) groups excluding carboxylic acids is 1. The number of benzene rings is 1. The molecule has 0 unspecified atom stereocenters. The summed E-state index contributed by atoms with van der Waals surface area (Å²) in [5.41, 5.74) is 1.21. The lowest BCUT2D eigenvalue weighted by molar-refractivity contribution is -0.139. The van der Waals surface area contributed by atoms with Gasteiger partial charge in [0.2, 0.25) is 0 Å². The molecule has 0 fully saturated rings. The van der Waals surface area contributed by atoms with Gasteiger partial charge in [-0.1, -0.05) is 31.5 Å². The van der Waals surface area contributed by atoms with Crippen LogP contribution < -0.4 is 10.6 Å². The number of nitrogens with one attached hydrogen (secondary N) is 2. The Balaban J connectivity index is 2.13. The van der Waals surface area contributed by atoms with Crippen LogP contribution in [0.25, 0.3) is 10.9 Å². The van der Waals surface area contributed by atoms with E-state index < -0.39 is 18.0 Å². The summed E-state index contributed by atoms with van der Waals surface area (Å²) in [6.07, 6.45) is 2.70. The number of para-hydroxylation sites is 1. The fraction of sp³-hybridized carbons (Fsp3) is 0.267. The molecule has 0 aliphatic heterocycles. The number of amides is 2. The van der Waals surface area contributed by atoms with E-state index in [1.807, 2.05) is 25.1 Å². The van der Waals surface area contributed by atoms with E-state index in [4.69, 9.17) is 5.11 Å². The highest BCUT2D eigenvalue weighted by Crippen LogP contribution is 2.20. The van der Waals surface area contributed by atoms with Crippen molar-refractivity contribution in [3.63, 3.8) is 0 Å². The highest BCUT2D eigenvalue weighted by Gasteiger charge is 2.19. The number of carbonyl (C=O) groups is 2. The zero-order valence-electron chi connectivity index (χ0n) is 11.7. The molecule has 1 atom stereocenters. The Bertz CT molecular complexity index is 652. The molecule has 2 amide bonds. The van der Waals surface area contributed by atoms with Gasteiger partial charge < -0.3 is 15.7 Å². The Hall–Kier alpha value is -2.63. The predicted molar refractivity (Wildman–Crippen MR) is 80.2 cm³/mol. The summed E-state index contributed by atoms with van der Waals surface area (Å²) in [6, 6.07) is 7.69. The van der Waals surface area contributed by atoms with E-state index >= 15 is 0 Å². The Morgan fingerprint density at radius 2 is 2.05 bits per heavy atom. The molecule has 6 nitrogen and oxygen atoms in total. The fourth-order valence-electron chi connectivity index (χ4n) is 2.07. The molecule has 110 valence electrons. The molecule has 0 saturated carbocycles. The number of hydrogen-bond acceptors (Lipinski definition) is 3. The van der Waals surface area contributed by atoms with Crippen molar-refractivity contribution in [2.45, 2.75) is 25.8 Å². The van der Waals surface area contributed by atoms with E-state index in [0.717, 1.165) is 5.39 Å². The summed E-state index contributed by atoms with van der Waals surface area (Å²) in [4.78, 5) is 27.2. The minimum absolute atomic E-state index is 0.385. The number of aromatic nitrogens is 1. The summed E-state index contributed by atoms with van der Waals surface area (Å²) < 4.78 is 0. The summed E-state index contributed by atoms with van der Waals surface area (Å²) in [6.45, 7) is 1.87. The molecule has 3 N–H and O–H groups in total. The summed E-state index contributed by atoms with van der Waals surface area (Å²) in [7, 11) is 0. The van der Waals surface area contributed by atoms with Crippen molar-refractivity contribution < 1.29 is 14.7 Å². The average molecular weight is 287 g/mol. The summed E-state index contributed by atoms with van der Waals surface area (Å²) >= 11 is 0. The predicted octanol–water partition coefficient (Wildman–Crippen LogP) is 2.61. The third kappa shape index (κ3) is 3.68. The van der Waals surface area contributed by atoms with Crippen molar-refractivity contribution in [1.29, 1.82) is 0 Å². The standard InChI is InChI=1S/C15H17N3O3/c1-2-5-12(14(19)20)18-15(21)17-11-8-3-6-10-7-4-9-16-13(10)11/h3-4,6-9,12H,2,5H2,1H3,(H,19,20)(H2,17,18,21)/t12-/m1/s1. The van der Waals surface area contributed by atoms with E-state index in [0.29, 0.717) is 24.0 Å². The van der Waals surface area contributed by atoms with E-state index in [-0.39, 0.29) is 0 Å². The average Bonchev–Trinajstić information content (AvgIpc) is 2.47. The quantitative estimate of drug-likeness (QED) is 0.788. The number of fused-ring (bicyclic) bond motifs is 1. The molecule has 1 aromatic heterocycles.